The number of carbonyl (C=O) groups excluding carboxylic acids is 1. The van der Waals surface area contributed by atoms with Crippen molar-refractivity contribution in [3.05, 3.63) is 30.1 Å². The maximum Gasteiger partial charge on any atom is 0.228 e. The van der Waals surface area contributed by atoms with Gasteiger partial charge in [-0.15, -0.1) is 0 Å². The molecule has 1 rings (SSSR count). The minimum Gasteiger partial charge on any atom is -0.409 e. The van der Waals surface area contributed by atoms with E-state index >= 15 is 0 Å². The van der Waals surface area contributed by atoms with Crippen LogP contribution in [0, 0.1) is 0 Å². The van der Waals surface area contributed by atoms with Crippen LogP contribution in [-0.4, -0.2) is 21.9 Å². The molecule has 1 amide bonds. The lowest BCUT2D eigenvalue weighted by Gasteiger charge is -2.12. The topological polar surface area (TPSA) is 101 Å². The Hall–Kier alpha value is -2.11. The van der Waals surface area contributed by atoms with Gasteiger partial charge in [-0.3, -0.25) is 9.78 Å². The summed E-state index contributed by atoms with van der Waals surface area (Å²) in [6.45, 7) is 1.81. The van der Waals surface area contributed by atoms with E-state index in [1.165, 1.54) is 0 Å². The Morgan fingerprint density at radius 1 is 1.69 bits per heavy atom. The Labute approximate surface area is 93.2 Å². The van der Waals surface area contributed by atoms with Crippen LogP contribution < -0.4 is 11.1 Å². The summed E-state index contributed by atoms with van der Waals surface area (Å²) in [5.41, 5.74) is 5.97. The van der Waals surface area contributed by atoms with E-state index in [2.05, 4.69) is 15.5 Å². The van der Waals surface area contributed by atoms with E-state index in [4.69, 9.17) is 10.9 Å². The van der Waals surface area contributed by atoms with Gasteiger partial charge in [0.2, 0.25) is 5.91 Å². The first-order valence-electron chi connectivity index (χ1n) is 4.80. The number of nitrogens with zero attached hydrogens (tertiary/aromatic N) is 2. The zero-order valence-electron chi connectivity index (χ0n) is 8.92. The van der Waals surface area contributed by atoms with Gasteiger partial charge in [-0.25, -0.2) is 0 Å². The molecule has 0 aliphatic heterocycles. The van der Waals surface area contributed by atoms with Gasteiger partial charge >= 0.3 is 0 Å². The van der Waals surface area contributed by atoms with Crippen molar-refractivity contribution >= 4 is 11.7 Å². The fraction of sp³-hybridized carbons (Fsp3) is 0.300. The van der Waals surface area contributed by atoms with Gasteiger partial charge in [-0.1, -0.05) is 11.2 Å². The van der Waals surface area contributed by atoms with Crippen molar-refractivity contribution in [1.82, 2.24) is 10.3 Å². The normalized spacial score (nSPS) is 13.2. The van der Waals surface area contributed by atoms with E-state index in [0.717, 1.165) is 5.69 Å². The summed E-state index contributed by atoms with van der Waals surface area (Å²) in [6, 6.07) is 5.25. The Kier molecular flexibility index (Phi) is 4.26. The summed E-state index contributed by atoms with van der Waals surface area (Å²) in [4.78, 5) is 15.5. The first kappa shape index (κ1) is 12.0. The monoisotopic (exact) mass is 222 g/mol. The Morgan fingerprint density at radius 2 is 2.44 bits per heavy atom. The maximum absolute atomic E-state index is 11.4. The predicted octanol–water partition coefficient (Wildman–Crippen LogP) is 0.395. The van der Waals surface area contributed by atoms with Crippen LogP contribution in [0.1, 0.15) is 25.1 Å². The molecule has 1 unspecified atom stereocenters. The number of amides is 1. The van der Waals surface area contributed by atoms with Gasteiger partial charge in [0, 0.05) is 6.20 Å². The number of hydrogen-bond donors (Lipinski definition) is 3. The van der Waals surface area contributed by atoms with Gasteiger partial charge < -0.3 is 16.3 Å². The molecule has 1 atom stereocenters. The predicted molar refractivity (Wildman–Crippen MR) is 58.8 cm³/mol. The third kappa shape index (κ3) is 3.56. The second-order valence-electron chi connectivity index (χ2n) is 3.31. The zero-order chi connectivity index (χ0) is 12.0. The largest absolute Gasteiger partial charge is 0.409 e. The fourth-order valence-electron chi connectivity index (χ4n) is 1.20. The fourth-order valence-corrected chi connectivity index (χ4v) is 1.20. The van der Waals surface area contributed by atoms with Crippen molar-refractivity contribution in [2.75, 3.05) is 0 Å². The van der Waals surface area contributed by atoms with Crippen molar-refractivity contribution in [3.8, 4) is 0 Å². The molecule has 6 heteroatoms. The van der Waals surface area contributed by atoms with Crippen LogP contribution in [0.5, 0.6) is 0 Å². The molecular formula is C10H14N4O2. The summed E-state index contributed by atoms with van der Waals surface area (Å²) in [6.07, 6.45) is 1.52. The van der Waals surface area contributed by atoms with Crippen LogP contribution in [0.2, 0.25) is 0 Å². The molecule has 0 bridgehead atoms. The van der Waals surface area contributed by atoms with Crippen LogP contribution in [0.3, 0.4) is 0 Å². The number of rotatable bonds is 4. The second kappa shape index (κ2) is 5.69. The first-order chi connectivity index (χ1) is 7.63. The highest BCUT2D eigenvalue weighted by molar-refractivity contribution is 5.98. The molecule has 4 N–H and O–H groups in total. The molecule has 1 heterocycles. The third-order valence-corrected chi connectivity index (χ3v) is 1.98. The summed E-state index contributed by atoms with van der Waals surface area (Å²) in [5.74, 6) is -0.431. The molecule has 0 aromatic carbocycles. The Balaban J connectivity index is 2.52. The Bertz CT molecular complexity index is 378. The number of nitrogens with two attached hydrogens (primary N) is 1. The number of oxime groups is 1. The molecule has 0 radical (unpaired) electrons. The smallest absolute Gasteiger partial charge is 0.228 e. The molecule has 86 valence electrons. The van der Waals surface area contributed by atoms with E-state index < -0.39 is 0 Å². The van der Waals surface area contributed by atoms with Crippen molar-refractivity contribution in [3.63, 3.8) is 0 Å². The average molecular weight is 222 g/mol. The molecule has 0 saturated carbocycles. The molecule has 0 fully saturated rings. The van der Waals surface area contributed by atoms with Crippen LogP contribution in [0.4, 0.5) is 0 Å². The zero-order valence-corrected chi connectivity index (χ0v) is 8.92. The standard InChI is InChI=1S/C10H14N4O2/c1-7(8-4-2-3-5-12-8)13-10(15)6-9(11)14-16/h2-5,7,16H,6H2,1H3,(H2,11,14)(H,13,15). The lowest BCUT2D eigenvalue weighted by Crippen LogP contribution is -2.31. The highest BCUT2D eigenvalue weighted by Gasteiger charge is 2.11. The second-order valence-corrected chi connectivity index (χ2v) is 3.31. The molecular weight excluding hydrogens is 208 g/mol. The van der Waals surface area contributed by atoms with E-state index in [1.54, 1.807) is 12.3 Å². The van der Waals surface area contributed by atoms with Crippen LogP contribution >= 0.6 is 0 Å². The molecule has 1 aromatic rings. The van der Waals surface area contributed by atoms with Crippen molar-refractivity contribution in [2.24, 2.45) is 10.9 Å². The summed E-state index contributed by atoms with van der Waals surface area (Å²) in [5, 5.41) is 13.7. The summed E-state index contributed by atoms with van der Waals surface area (Å²) in [7, 11) is 0. The molecule has 6 nitrogen and oxygen atoms in total. The van der Waals surface area contributed by atoms with Gasteiger partial charge in [-0.05, 0) is 19.1 Å². The minimum absolute atomic E-state index is 0.120. The van der Waals surface area contributed by atoms with Gasteiger partial charge in [0.05, 0.1) is 18.2 Å². The summed E-state index contributed by atoms with van der Waals surface area (Å²) < 4.78 is 0. The number of hydrogen-bond acceptors (Lipinski definition) is 4. The molecule has 1 aromatic heterocycles. The lowest BCUT2D eigenvalue weighted by molar-refractivity contribution is -0.120. The highest BCUT2D eigenvalue weighted by Crippen LogP contribution is 2.07. The first-order valence-corrected chi connectivity index (χ1v) is 4.80. The molecule has 0 saturated heterocycles. The van der Waals surface area contributed by atoms with Crippen molar-refractivity contribution < 1.29 is 10.0 Å². The van der Waals surface area contributed by atoms with E-state index in [9.17, 15) is 4.79 Å². The van der Waals surface area contributed by atoms with Crippen LogP contribution in [-0.2, 0) is 4.79 Å². The molecule has 0 aliphatic carbocycles. The number of carbonyl (C=O) groups is 1. The van der Waals surface area contributed by atoms with Gasteiger partial charge in [0.25, 0.3) is 0 Å². The van der Waals surface area contributed by atoms with Crippen LogP contribution in [0.25, 0.3) is 0 Å². The Morgan fingerprint density at radius 3 is 3.00 bits per heavy atom. The van der Waals surface area contributed by atoms with Gasteiger partial charge in [-0.2, -0.15) is 0 Å². The maximum atomic E-state index is 11.4. The highest BCUT2D eigenvalue weighted by atomic mass is 16.4. The quantitative estimate of drug-likeness (QED) is 0.297. The van der Waals surface area contributed by atoms with Gasteiger partial charge in [0.15, 0.2) is 0 Å². The third-order valence-electron chi connectivity index (χ3n) is 1.98. The van der Waals surface area contributed by atoms with E-state index in [0.29, 0.717) is 0 Å². The van der Waals surface area contributed by atoms with Crippen LogP contribution in [0.15, 0.2) is 29.6 Å². The molecule has 0 aliphatic rings. The summed E-state index contributed by atoms with van der Waals surface area (Å²) >= 11 is 0. The molecule has 0 spiro atoms. The van der Waals surface area contributed by atoms with E-state index in [1.807, 2.05) is 19.1 Å². The SMILES string of the molecule is CC(NC(=O)C/C(N)=N/O)c1ccccn1. The number of amidine groups is 1. The minimum atomic E-state index is -0.312. The van der Waals surface area contributed by atoms with Gasteiger partial charge in [0.1, 0.15) is 5.84 Å². The lowest BCUT2D eigenvalue weighted by atomic mass is 10.2. The number of aromatic nitrogens is 1. The molecule has 16 heavy (non-hydrogen) atoms. The number of nitrogens with one attached hydrogen (secondary N) is 1. The van der Waals surface area contributed by atoms with Crippen molar-refractivity contribution in [1.29, 1.82) is 0 Å². The van der Waals surface area contributed by atoms with E-state index in [-0.39, 0.29) is 24.2 Å². The van der Waals surface area contributed by atoms with Crippen molar-refractivity contribution in [2.45, 2.75) is 19.4 Å². The number of pyridine rings is 1. The average Bonchev–Trinajstić information content (AvgIpc) is 2.29.